The highest BCUT2D eigenvalue weighted by molar-refractivity contribution is 5.98. The molecule has 196 valence electrons. The smallest absolute Gasteiger partial charge is 0.326 e. The predicted octanol–water partition coefficient (Wildman–Crippen LogP) is 3.26. The van der Waals surface area contributed by atoms with E-state index in [-0.39, 0.29) is 35.5 Å². The molecule has 3 rings (SSSR count). The fourth-order valence-electron chi connectivity index (χ4n) is 6.15. The minimum atomic E-state index is -0.971. The molecule has 3 fully saturated rings. The van der Waals surface area contributed by atoms with Crippen molar-refractivity contribution in [3.63, 3.8) is 0 Å². The zero-order valence-electron chi connectivity index (χ0n) is 21.9. The van der Waals surface area contributed by atoms with Gasteiger partial charge in [-0.25, -0.2) is 4.79 Å². The second-order valence-electron chi connectivity index (χ2n) is 11.8. The van der Waals surface area contributed by atoms with E-state index in [4.69, 9.17) is 0 Å². The SMILES string of the molecule is C/C=C(\C)C(=O)N[C@H](C(=O)N[C@H](C(=O)N1C[C@@H]2CCC[C@@H]2[C@H]1C(=O)O)C(C)(C)C)C1CCCCC1. The Morgan fingerprint density at radius 1 is 0.971 bits per heavy atom. The highest BCUT2D eigenvalue weighted by Gasteiger charge is 2.52. The van der Waals surface area contributed by atoms with Crippen LogP contribution in [0.3, 0.4) is 0 Å². The standard InChI is InChI=1S/C27H43N3O5/c1-6-16(2)23(31)28-20(17-11-8-7-9-12-17)24(32)29-22(27(3,4)5)25(33)30-15-18-13-10-14-19(18)21(30)26(34)35/h6,17-22H,7-15H2,1-5H3,(H,28,31)(H,29,32)(H,34,35)/b16-6+/t18-,19-,20-,21-,22+/m0/s1. The molecule has 1 aliphatic heterocycles. The second kappa shape index (κ2) is 11.1. The van der Waals surface area contributed by atoms with Crippen LogP contribution >= 0.6 is 0 Å². The molecule has 8 nitrogen and oxygen atoms in total. The van der Waals surface area contributed by atoms with E-state index in [9.17, 15) is 24.3 Å². The Morgan fingerprint density at radius 2 is 1.63 bits per heavy atom. The van der Waals surface area contributed by atoms with Crippen LogP contribution in [-0.4, -0.2) is 58.4 Å². The molecule has 8 heteroatoms. The number of hydrogen-bond acceptors (Lipinski definition) is 4. The number of likely N-dealkylation sites (tertiary alicyclic amines) is 1. The molecule has 3 N–H and O–H groups in total. The Bertz CT molecular complexity index is 855. The summed E-state index contributed by atoms with van der Waals surface area (Å²) in [5.74, 6) is -1.78. The van der Waals surface area contributed by atoms with Crippen LogP contribution in [0, 0.1) is 23.2 Å². The summed E-state index contributed by atoms with van der Waals surface area (Å²) in [6.07, 6.45) is 9.27. The number of amides is 3. The average Bonchev–Trinajstić information content (AvgIpc) is 3.40. The molecule has 3 amide bonds. The minimum Gasteiger partial charge on any atom is -0.480 e. The summed E-state index contributed by atoms with van der Waals surface area (Å²) >= 11 is 0. The first kappa shape index (κ1) is 27.2. The van der Waals surface area contributed by atoms with E-state index in [1.54, 1.807) is 19.9 Å². The summed E-state index contributed by atoms with van der Waals surface area (Å²) < 4.78 is 0. The molecule has 1 heterocycles. The molecule has 2 aliphatic carbocycles. The van der Waals surface area contributed by atoms with Crippen LogP contribution in [0.4, 0.5) is 0 Å². The van der Waals surface area contributed by atoms with Gasteiger partial charge in [0.1, 0.15) is 18.1 Å². The molecule has 0 aromatic carbocycles. The summed E-state index contributed by atoms with van der Waals surface area (Å²) in [6, 6.07) is -2.46. The van der Waals surface area contributed by atoms with Crippen molar-refractivity contribution in [1.29, 1.82) is 0 Å². The first-order valence-electron chi connectivity index (χ1n) is 13.2. The Labute approximate surface area is 209 Å². The molecule has 0 aromatic heterocycles. The normalized spacial score (nSPS) is 27.2. The lowest BCUT2D eigenvalue weighted by atomic mass is 9.82. The number of allylic oxidation sites excluding steroid dienone is 1. The number of carbonyl (C=O) groups excluding carboxylic acids is 3. The number of nitrogens with one attached hydrogen (secondary N) is 2. The van der Waals surface area contributed by atoms with Crippen LogP contribution in [0.2, 0.25) is 0 Å². The van der Waals surface area contributed by atoms with Crippen molar-refractivity contribution in [2.75, 3.05) is 6.54 Å². The topological polar surface area (TPSA) is 116 Å². The van der Waals surface area contributed by atoms with Gasteiger partial charge in [0.15, 0.2) is 0 Å². The molecule has 3 aliphatic rings. The third-order valence-corrected chi connectivity index (χ3v) is 8.31. The van der Waals surface area contributed by atoms with Crippen molar-refractivity contribution in [3.05, 3.63) is 11.6 Å². The van der Waals surface area contributed by atoms with E-state index in [1.165, 1.54) is 4.90 Å². The fraction of sp³-hybridized carbons (Fsp3) is 0.778. The van der Waals surface area contributed by atoms with Gasteiger partial charge in [-0.15, -0.1) is 0 Å². The van der Waals surface area contributed by atoms with Gasteiger partial charge in [0.2, 0.25) is 17.7 Å². The fourth-order valence-corrected chi connectivity index (χ4v) is 6.15. The van der Waals surface area contributed by atoms with E-state index < -0.39 is 29.5 Å². The van der Waals surface area contributed by atoms with Gasteiger partial charge in [0.05, 0.1) is 0 Å². The van der Waals surface area contributed by atoms with E-state index in [2.05, 4.69) is 10.6 Å². The van der Waals surface area contributed by atoms with Crippen molar-refractivity contribution >= 4 is 23.7 Å². The monoisotopic (exact) mass is 489 g/mol. The third-order valence-electron chi connectivity index (χ3n) is 8.31. The van der Waals surface area contributed by atoms with Gasteiger partial charge in [-0.1, -0.05) is 52.5 Å². The van der Waals surface area contributed by atoms with Gasteiger partial charge in [0, 0.05) is 12.1 Å². The van der Waals surface area contributed by atoms with Gasteiger partial charge in [-0.2, -0.15) is 0 Å². The molecule has 1 saturated heterocycles. The Kier molecular flexibility index (Phi) is 8.65. The van der Waals surface area contributed by atoms with Crippen molar-refractivity contribution in [3.8, 4) is 0 Å². The van der Waals surface area contributed by atoms with Gasteiger partial charge < -0.3 is 20.6 Å². The third kappa shape index (κ3) is 6.07. The first-order valence-corrected chi connectivity index (χ1v) is 13.2. The molecular weight excluding hydrogens is 446 g/mol. The average molecular weight is 490 g/mol. The maximum atomic E-state index is 13.8. The minimum absolute atomic E-state index is 0.00554. The van der Waals surface area contributed by atoms with Gasteiger partial charge in [-0.05, 0) is 62.7 Å². The number of nitrogens with zero attached hydrogens (tertiary/aromatic N) is 1. The van der Waals surface area contributed by atoms with Crippen molar-refractivity contribution in [2.24, 2.45) is 23.2 Å². The van der Waals surface area contributed by atoms with Crippen molar-refractivity contribution in [1.82, 2.24) is 15.5 Å². The van der Waals surface area contributed by atoms with Crippen LogP contribution in [0.1, 0.15) is 86.0 Å². The summed E-state index contributed by atoms with van der Waals surface area (Å²) in [5, 5.41) is 15.8. The van der Waals surface area contributed by atoms with Gasteiger partial charge >= 0.3 is 5.97 Å². The first-order chi connectivity index (χ1) is 16.5. The lowest BCUT2D eigenvalue weighted by Gasteiger charge is -2.37. The maximum absolute atomic E-state index is 13.8. The van der Waals surface area contributed by atoms with Crippen LogP contribution in [-0.2, 0) is 19.2 Å². The number of carbonyl (C=O) groups is 4. The van der Waals surface area contributed by atoms with Crippen molar-refractivity contribution in [2.45, 2.75) is 104 Å². The zero-order valence-corrected chi connectivity index (χ0v) is 21.9. The lowest BCUT2D eigenvalue weighted by molar-refractivity contribution is -0.152. The number of fused-ring (bicyclic) bond motifs is 1. The highest BCUT2D eigenvalue weighted by atomic mass is 16.4. The van der Waals surface area contributed by atoms with E-state index >= 15 is 0 Å². The largest absolute Gasteiger partial charge is 0.480 e. The lowest BCUT2D eigenvalue weighted by Crippen LogP contribution is -2.61. The van der Waals surface area contributed by atoms with Gasteiger partial charge in [0.25, 0.3) is 0 Å². The van der Waals surface area contributed by atoms with Gasteiger partial charge in [-0.3, -0.25) is 14.4 Å². The molecule has 0 unspecified atom stereocenters. The number of rotatable bonds is 7. The molecule has 0 radical (unpaired) electrons. The van der Waals surface area contributed by atoms with Crippen LogP contribution in [0.15, 0.2) is 11.6 Å². The number of carboxylic acids is 1. The van der Waals surface area contributed by atoms with E-state index in [0.29, 0.717) is 12.1 Å². The van der Waals surface area contributed by atoms with Crippen LogP contribution in [0.25, 0.3) is 0 Å². The zero-order chi connectivity index (χ0) is 25.9. The number of hydrogen-bond donors (Lipinski definition) is 3. The molecule has 0 spiro atoms. The highest BCUT2D eigenvalue weighted by Crippen LogP contribution is 2.43. The molecular formula is C27H43N3O5. The quantitative estimate of drug-likeness (QED) is 0.475. The van der Waals surface area contributed by atoms with Crippen LogP contribution < -0.4 is 10.6 Å². The predicted molar refractivity (Wildman–Crippen MR) is 133 cm³/mol. The summed E-state index contributed by atoms with van der Waals surface area (Å²) in [7, 11) is 0. The molecule has 35 heavy (non-hydrogen) atoms. The Balaban J connectivity index is 1.83. The van der Waals surface area contributed by atoms with Crippen LogP contribution in [0.5, 0.6) is 0 Å². The number of carboxylic acid groups (broad SMARTS) is 1. The maximum Gasteiger partial charge on any atom is 0.326 e. The van der Waals surface area contributed by atoms with E-state index in [0.717, 1.165) is 51.4 Å². The Morgan fingerprint density at radius 3 is 2.20 bits per heavy atom. The second-order valence-corrected chi connectivity index (χ2v) is 11.8. The van der Waals surface area contributed by atoms with E-state index in [1.807, 2.05) is 20.8 Å². The summed E-state index contributed by atoms with van der Waals surface area (Å²) in [6.45, 7) is 9.54. The number of aliphatic carboxylic acids is 1. The molecule has 0 aromatic rings. The molecule has 2 saturated carbocycles. The molecule has 5 atom stereocenters. The molecule has 0 bridgehead atoms. The summed E-state index contributed by atoms with van der Waals surface area (Å²) in [4.78, 5) is 53.8. The summed E-state index contributed by atoms with van der Waals surface area (Å²) in [5.41, 5.74) is -0.0941. The van der Waals surface area contributed by atoms with Crippen molar-refractivity contribution < 1.29 is 24.3 Å². The Hall–Kier alpha value is -2.38.